The van der Waals surface area contributed by atoms with Crippen LogP contribution in [-0.4, -0.2) is 43.3 Å². The number of halogens is 1. The van der Waals surface area contributed by atoms with E-state index in [9.17, 15) is 18.0 Å². The SMILES string of the molecule is CCC(C(=O)NC(C)(C)C)N(Cc1ccccc1C)C(=O)CN(c1ccc(Br)cc1)S(=O)(=O)c1ccccc1. The number of hydrogen-bond acceptors (Lipinski definition) is 4. The first-order valence-electron chi connectivity index (χ1n) is 12.8. The first kappa shape index (κ1) is 30.4. The molecule has 0 aliphatic carbocycles. The minimum Gasteiger partial charge on any atom is -0.350 e. The van der Waals surface area contributed by atoms with Gasteiger partial charge in [0.1, 0.15) is 12.6 Å². The van der Waals surface area contributed by atoms with Crippen LogP contribution < -0.4 is 9.62 Å². The van der Waals surface area contributed by atoms with Gasteiger partial charge in [-0.2, -0.15) is 0 Å². The number of anilines is 1. The molecule has 7 nitrogen and oxygen atoms in total. The van der Waals surface area contributed by atoms with Crippen molar-refractivity contribution in [3.63, 3.8) is 0 Å². The highest BCUT2D eigenvalue weighted by molar-refractivity contribution is 9.10. The second kappa shape index (κ2) is 12.8. The van der Waals surface area contributed by atoms with E-state index >= 15 is 0 Å². The van der Waals surface area contributed by atoms with E-state index in [1.165, 1.54) is 17.0 Å². The minimum absolute atomic E-state index is 0.0729. The van der Waals surface area contributed by atoms with Gasteiger partial charge < -0.3 is 10.2 Å². The summed E-state index contributed by atoms with van der Waals surface area (Å²) in [6.45, 7) is 9.14. The summed E-state index contributed by atoms with van der Waals surface area (Å²) in [5.41, 5.74) is 1.71. The molecule has 0 saturated carbocycles. The molecule has 3 aromatic carbocycles. The highest BCUT2D eigenvalue weighted by Gasteiger charge is 2.34. The fourth-order valence-corrected chi connectivity index (χ4v) is 5.90. The number of rotatable bonds is 10. The van der Waals surface area contributed by atoms with E-state index in [4.69, 9.17) is 0 Å². The Morgan fingerprint density at radius 3 is 2.08 bits per heavy atom. The molecule has 0 heterocycles. The lowest BCUT2D eigenvalue weighted by molar-refractivity contribution is -0.141. The van der Waals surface area contributed by atoms with E-state index in [0.717, 1.165) is 19.9 Å². The van der Waals surface area contributed by atoms with Crippen LogP contribution in [-0.2, 0) is 26.2 Å². The van der Waals surface area contributed by atoms with Crippen LogP contribution in [0.2, 0.25) is 0 Å². The van der Waals surface area contributed by atoms with Gasteiger partial charge in [-0.25, -0.2) is 8.42 Å². The van der Waals surface area contributed by atoms with Gasteiger partial charge >= 0.3 is 0 Å². The van der Waals surface area contributed by atoms with Gasteiger partial charge in [0.25, 0.3) is 10.0 Å². The molecule has 208 valence electrons. The van der Waals surface area contributed by atoms with Gasteiger partial charge in [0, 0.05) is 16.6 Å². The average Bonchev–Trinajstić information content (AvgIpc) is 2.88. The summed E-state index contributed by atoms with van der Waals surface area (Å²) >= 11 is 3.39. The van der Waals surface area contributed by atoms with Gasteiger partial charge in [0.2, 0.25) is 11.8 Å². The Hall–Kier alpha value is -3.17. The fraction of sp³-hybridized carbons (Fsp3) is 0.333. The van der Waals surface area contributed by atoms with E-state index in [1.807, 2.05) is 58.9 Å². The number of aryl methyl sites for hydroxylation is 1. The molecule has 1 atom stereocenters. The Kier molecular flexibility index (Phi) is 9.96. The molecule has 0 fully saturated rings. The summed E-state index contributed by atoms with van der Waals surface area (Å²) in [6.07, 6.45) is 0.364. The molecule has 1 unspecified atom stereocenters. The van der Waals surface area contributed by atoms with Crippen molar-refractivity contribution in [2.24, 2.45) is 0 Å². The zero-order chi connectivity index (χ0) is 28.8. The van der Waals surface area contributed by atoms with Crippen LogP contribution in [0.15, 0.2) is 88.2 Å². The first-order valence-corrected chi connectivity index (χ1v) is 15.1. The third kappa shape index (κ3) is 7.92. The van der Waals surface area contributed by atoms with Gasteiger partial charge in [-0.05, 0) is 81.6 Å². The lowest BCUT2D eigenvalue weighted by Crippen LogP contribution is -2.55. The number of hydrogen-bond donors (Lipinski definition) is 1. The number of nitrogens with one attached hydrogen (secondary N) is 1. The fourth-order valence-electron chi connectivity index (χ4n) is 4.20. The lowest BCUT2D eigenvalue weighted by atomic mass is 10.0. The van der Waals surface area contributed by atoms with E-state index in [-0.39, 0.29) is 17.3 Å². The van der Waals surface area contributed by atoms with Crippen molar-refractivity contribution in [2.75, 3.05) is 10.8 Å². The first-order chi connectivity index (χ1) is 18.3. The molecule has 0 radical (unpaired) electrons. The molecule has 0 aliphatic heterocycles. The maximum Gasteiger partial charge on any atom is 0.264 e. The Morgan fingerprint density at radius 2 is 1.51 bits per heavy atom. The van der Waals surface area contributed by atoms with Gasteiger partial charge in [0.05, 0.1) is 10.6 Å². The van der Waals surface area contributed by atoms with Crippen molar-refractivity contribution < 1.29 is 18.0 Å². The van der Waals surface area contributed by atoms with Crippen LogP contribution in [0, 0.1) is 6.92 Å². The monoisotopic (exact) mass is 613 g/mol. The third-order valence-corrected chi connectivity index (χ3v) is 8.53. The summed E-state index contributed by atoms with van der Waals surface area (Å²) < 4.78 is 29.5. The molecule has 39 heavy (non-hydrogen) atoms. The molecule has 2 amide bonds. The molecule has 0 aromatic heterocycles. The minimum atomic E-state index is -4.09. The quantitative estimate of drug-likeness (QED) is 0.319. The summed E-state index contributed by atoms with van der Waals surface area (Å²) in [6, 6.07) is 21.6. The number of sulfonamides is 1. The number of nitrogens with zero attached hydrogens (tertiary/aromatic N) is 2. The maximum atomic E-state index is 14.1. The molecule has 9 heteroatoms. The van der Waals surface area contributed by atoms with Gasteiger partial charge in [0.15, 0.2) is 0 Å². The molecular weight excluding hydrogens is 578 g/mol. The summed E-state index contributed by atoms with van der Waals surface area (Å²) in [5.74, 6) is -0.760. The number of amides is 2. The van der Waals surface area contributed by atoms with Crippen molar-refractivity contribution in [2.45, 2.75) is 64.1 Å². The van der Waals surface area contributed by atoms with E-state index in [2.05, 4.69) is 21.2 Å². The predicted molar refractivity (Wildman–Crippen MR) is 159 cm³/mol. The highest BCUT2D eigenvalue weighted by atomic mass is 79.9. The highest BCUT2D eigenvalue weighted by Crippen LogP contribution is 2.26. The molecule has 0 aliphatic rings. The molecular formula is C30H36BrN3O4S. The molecule has 0 bridgehead atoms. The van der Waals surface area contributed by atoms with Crippen LogP contribution in [0.3, 0.4) is 0 Å². The van der Waals surface area contributed by atoms with Crippen LogP contribution in [0.25, 0.3) is 0 Å². The Labute approximate surface area is 240 Å². The van der Waals surface area contributed by atoms with Crippen molar-refractivity contribution in [3.8, 4) is 0 Å². The topological polar surface area (TPSA) is 86.8 Å². The lowest BCUT2D eigenvalue weighted by Gasteiger charge is -2.35. The van der Waals surface area contributed by atoms with Crippen molar-refractivity contribution in [1.29, 1.82) is 0 Å². The molecule has 0 saturated heterocycles. The van der Waals surface area contributed by atoms with Crippen LogP contribution in [0.5, 0.6) is 0 Å². The summed E-state index contributed by atoms with van der Waals surface area (Å²) in [7, 11) is -4.09. The van der Waals surface area contributed by atoms with Gasteiger partial charge in [-0.3, -0.25) is 13.9 Å². The van der Waals surface area contributed by atoms with Crippen molar-refractivity contribution in [1.82, 2.24) is 10.2 Å². The zero-order valence-corrected chi connectivity index (χ0v) is 25.4. The Morgan fingerprint density at radius 1 is 0.923 bits per heavy atom. The van der Waals surface area contributed by atoms with E-state index in [1.54, 1.807) is 42.5 Å². The standard InChI is InChI=1S/C30H36BrN3O4S/c1-6-27(29(36)32-30(3,4)5)33(20-23-13-11-10-12-22(23)2)28(35)21-34(25-18-16-24(31)17-19-25)39(37,38)26-14-8-7-9-15-26/h7-19,27H,6,20-21H2,1-5H3,(H,32,36). The smallest absolute Gasteiger partial charge is 0.264 e. The molecule has 3 rings (SSSR count). The van der Waals surface area contributed by atoms with Crippen molar-refractivity contribution >= 4 is 43.5 Å². The van der Waals surface area contributed by atoms with Crippen LogP contribution in [0.4, 0.5) is 5.69 Å². The Balaban J connectivity index is 2.07. The van der Waals surface area contributed by atoms with Crippen LogP contribution in [0.1, 0.15) is 45.2 Å². The molecule has 1 N–H and O–H groups in total. The third-order valence-electron chi connectivity index (χ3n) is 6.21. The van der Waals surface area contributed by atoms with E-state index in [0.29, 0.717) is 12.1 Å². The second-order valence-electron chi connectivity index (χ2n) is 10.4. The zero-order valence-electron chi connectivity index (χ0n) is 23.0. The van der Waals surface area contributed by atoms with Crippen molar-refractivity contribution in [3.05, 3.63) is 94.5 Å². The van der Waals surface area contributed by atoms with Gasteiger partial charge in [-0.15, -0.1) is 0 Å². The number of carbonyl (C=O) groups is 2. The Bertz CT molecular complexity index is 1390. The summed E-state index contributed by atoms with van der Waals surface area (Å²) in [4.78, 5) is 29.0. The summed E-state index contributed by atoms with van der Waals surface area (Å²) in [5, 5.41) is 2.98. The normalized spacial score (nSPS) is 12.5. The molecule has 3 aromatic rings. The van der Waals surface area contributed by atoms with Crippen LogP contribution >= 0.6 is 15.9 Å². The number of benzene rings is 3. The number of carbonyl (C=O) groups excluding carboxylic acids is 2. The largest absolute Gasteiger partial charge is 0.350 e. The predicted octanol–water partition coefficient (Wildman–Crippen LogP) is 5.67. The second-order valence-corrected chi connectivity index (χ2v) is 13.2. The van der Waals surface area contributed by atoms with Gasteiger partial charge in [-0.1, -0.05) is 65.3 Å². The molecule has 0 spiro atoms. The average molecular weight is 615 g/mol. The maximum absolute atomic E-state index is 14.1. The van der Waals surface area contributed by atoms with E-state index < -0.39 is 34.1 Å².